The normalized spacial score (nSPS) is 33.3. The number of hydrogen-bond donors (Lipinski definition) is 2. The Bertz CT molecular complexity index is 267. The minimum absolute atomic E-state index is 0.0338. The van der Waals surface area contributed by atoms with Crippen molar-refractivity contribution < 1.29 is 19.8 Å². The Morgan fingerprint density at radius 2 is 1.33 bits per heavy atom. The van der Waals surface area contributed by atoms with Gasteiger partial charge in [-0.25, -0.2) is 0 Å². The van der Waals surface area contributed by atoms with Crippen LogP contribution in [-0.4, -0.2) is 22.2 Å². The second-order valence-corrected chi connectivity index (χ2v) is 5.06. The molecule has 0 aromatic rings. The summed E-state index contributed by atoms with van der Waals surface area (Å²) in [4.78, 5) is 21.7. The molecule has 0 saturated heterocycles. The molecular weight excluding hydrogens is 196 g/mol. The highest BCUT2D eigenvalue weighted by Gasteiger charge is 2.47. The number of hydrogen-bond acceptors (Lipinski definition) is 2. The first-order valence-electron chi connectivity index (χ1n) is 5.48. The molecule has 15 heavy (non-hydrogen) atoms. The van der Waals surface area contributed by atoms with Crippen LogP contribution in [0.2, 0.25) is 0 Å². The van der Waals surface area contributed by atoms with Gasteiger partial charge >= 0.3 is 11.9 Å². The van der Waals surface area contributed by atoms with E-state index in [9.17, 15) is 9.59 Å². The molecule has 0 radical (unpaired) electrons. The van der Waals surface area contributed by atoms with E-state index in [0.717, 1.165) is 25.7 Å². The summed E-state index contributed by atoms with van der Waals surface area (Å²) >= 11 is 0. The van der Waals surface area contributed by atoms with Crippen molar-refractivity contribution in [3.8, 4) is 0 Å². The summed E-state index contributed by atoms with van der Waals surface area (Å²) in [7, 11) is 0. The lowest BCUT2D eigenvalue weighted by atomic mass is 9.83. The van der Waals surface area contributed by atoms with Gasteiger partial charge in [-0.1, -0.05) is 0 Å². The van der Waals surface area contributed by atoms with Crippen LogP contribution in [0.4, 0.5) is 0 Å². The van der Waals surface area contributed by atoms with Crippen LogP contribution in [-0.2, 0) is 9.59 Å². The molecule has 0 aliphatic heterocycles. The molecule has 0 unspecified atom stereocenters. The van der Waals surface area contributed by atoms with Gasteiger partial charge in [-0.2, -0.15) is 0 Å². The monoisotopic (exact) mass is 212 g/mol. The molecule has 2 aliphatic carbocycles. The number of carboxylic acids is 2. The third-order valence-electron chi connectivity index (χ3n) is 4.10. The van der Waals surface area contributed by atoms with Crippen LogP contribution >= 0.6 is 0 Å². The van der Waals surface area contributed by atoms with E-state index in [1.54, 1.807) is 0 Å². The van der Waals surface area contributed by atoms with Crippen molar-refractivity contribution in [2.45, 2.75) is 38.5 Å². The van der Waals surface area contributed by atoms with Crippen molar-refractivity contribution >= 4 is 11.9 Å². The van der Waals surface area contributed by atoms with E-state index in [0.29, 0.717) is 12.8 Å². The molecule has 4 heteroatoms. The predicted octanol–water partition coefficient (Wildman–Crippen LogP) is 1.74. The molecule has 84 valence electrons. The highest BCUT2D eigenvalue weighted by molar-refractivity contribution is 5.71. The van der Waals surface area contributed by atoms with Crippen LogP contribution in [0.5, 0.6) is 0 Å². The van der Waals surface area contributed by atoms with Gasteiger partial charge in [0.05, 0.1) is 11.8 Å². The van der Waals surface area contributed by atoms with E-state index >= 15 is 0 Å². The number of aliphatic carboxylic acids is 2. The van der Waals surface area contributed by atoms with Gasteiger partial charge in [-0.15, -0.1) is 0 Å². The third kappa shape index (κ3) is 1.85. The summed E-state index contributed by atoms with van der Waals surface area (Å²) in [5.74, 6) is -1.91. The lowest BCUT2D eigenvalue weighted by molar-refractivity contribution is -0.142. The second kappa shape index (κ2) is 3.51. The van der Waals surface area contributed by atoms with Crippen molar-refractivity contribution in [2.75, 3.05) is 0 Å². The summed E-state index contributed by atoms with van der Waals surface area (Å²) in [5.41, 5.74) is 0.0338. The second-order valence-electron chi connectivity index (χ2n) is 5.06. The van der Waals surface area contributed by atoms with E-state index in [1.165, 1.54) is 0 Å². The van der Waals surface area contributed by atoms with Gasteiger partial charge in [0.1, 0.15) is 0 Å². The minimum atomic E-state index is -0.717. The van der Waals surface area contributed by atoms with Gasteiger partial charge in [-0.05, 0) is 43.9 Å². The summed E-state index contributed by atoms with van der Waals surface area (Å²) < 4.78 is 0. The van der Waals surface area contributed by atoms with Crippen molar-refractivity contribution in [1.29, 1.82) is 0 Å². The van der Waals surface area contributed by atoms with Crippen molar-refractivity contribution in [3.05, 3.63) is 0 Å². The zero-order chi connectivity index (χ0) is 11.1. The number of rotatable bonds is 2. The topological polar surface area (TPSA) is 74.6 Å². The van der Waals surface area contributed by atoms with Gasteiger partial charge in [0.15, 0.2) is 0 Å². The standard InChI is InChI=1S/C11H16O4/c12-9(13)7-1-3-11(5-7)4-2-8(6-11)10(14)15/h7-8H,1-6H2,(H,12,13)(H,14,15)/t7-,8-,11?/m0/s1. The van der Waals surface area contributed by atoms with Gasteiger partial charge in [0.25, 0.3) is 0 Å². The molecular formula is C11H16O4. The maximum Gasteiger partial charge on any atom is 0.306 e. The average molecular weight is 212 g/mol. The van der Waals surface area contributed by atoms with E-state index in [2.05, 4.69) is 0 Å². The quantitative estimate of drug-likeness (QED) is 0.731. The lowest BCUT2D eigenvalue weighted by Gasteiger charge is -2.22. The smallest absolute Gasteiger partial charge is 0.306 e. The molecule has 2 atom stereocenters. The first-order valence-corrected chi connectivity index (χ1v) is 5.48. The molecule has 2 fully saturated rings. The van der Waals surface area contributed by atoms with Gasteiger partial charge in [-0.3, -0.25) is 9.59 Å². The van der Waals surface area contributed by atoms with Crippen LogP contribution in [0.1, 0.15) is 38.5 Å². The zero-order valence-corrected chi connectivity index (χ0v) is 8.61. The Morgan fingerprint density at radius 1 is 0.933 bits per heavy atom. The number of carbonyl (C=O) groups is 2. The van der Waals surface area contributed by atoms with Crippen LogP contribution in [0.15, 0.2) is 0 Å². The fourth-order valence-corrected chi connectivity index (χ4v) is 3.25. The minimum Gasteiger partial charge on any atom is -0.481 e. The van der Waals surface area contributed by atoms with E-state index in [4.69, 9.17) is 10.2 Å². The van der Waals surface area contributed by atoms with E-state index in [-0.39, 0.29) is 17.3 Å². The van der Waals surface area contributed by atoms with Crippen LogP contribution in [0.3, 0.4) is 0 Å². The molecule has 2 N–H and O–H groups in total. The molecule has 0 aromatic carbocycles. The maximum atomic E-state index is 10.8. The summed E-state index contributed by atoms with van der Waals surface area (Å²) in [5, 5.41) is 17.8. The van der Waals surface area contributed by atoms with Crippen LogP contribution in [0, 0.1) is 17.3 Å². The zero-order valence-electron chi connectivity index (χ0n) is 8.61. The Hall–Kier alpha value is -1.06. The van der Waals surface area contributed by atoms with Gasteiger partial charge in [0.2, 0.25) is 0 Å². The SMILES string of the molecule is O=C(O)[C@H]1CCC2(CC[C@H](C(=O)O)C2)C1. The molecule has 2 saturated carbocycles. The molecule has 2 rings (SSSR count). The van der Waals surface area contributed by atoms with Crippen LogP contribution in [0.25, 0.3) is 0 Å². The first-order chi connectivity index (χ1) is 7.02. The largest absolute Gasteiger partial charge is 0.481 e. The molecule has 0 heterocycles. The first kappa shape index (κ1) is 10.5. The summed E-state index contributed by atoms with van der Waals surface area (Å²) in [6, 6.07) is 0. The maximum absolute atomic E-state index is 10.8. The van der Waals surface area contributed by atoms with Gasteiger partial charge in [0, 0.05) is 0 Å². The highest BCUT2D eigenvalue weighted by Crippen LogP contribution is 2.54. The van der Waals surface area contributed by atoms with Crippen molar-refractivity contribution in [2.24, 2.45) is 17.3 Å². The molecule has 1 spiro atoms. The Kier molecular flexibility index (Phi) is 2.44. The predicted molar refractivity (Wildman–Crippen MR) is 52.4 cm³/mol. The van der Waals surface area contributed by atoms with Crippen molar-refractivity contribution in [1.82, 2.24) is 0 Å². The summed E-state index contributed by atoms with van der Waals surface area (Å²) in [6.07, 6.45) is 4.61. The molecule has 4 nitrogen and oxygen atoms in total. The van der Waals surface area contributed by atoms with Crippen LogP contribution < -0.4 is 0 Å². The number of carboxylic acid groups (broad SMARTS) is 2. The van der Waals surface area contributed by atoms with E-state index in [1.807, 2.05) is 0 Å². The Labute approximate surface area is 88.3 Å². The summed E-state index contributed by atoms with van der Waals surface area (Å²) in [6.45, 7) is 0. The Balaban J connectivity index is 2.00. The van der Waals surface area contributed by atoms with Crippen molar-refractivity contribution in [3.63, 3.8) is 0 Å². The van der Waals surface area contributed by atoms with Gasteiger partial charge < -0.3 is 10.2 Å². The fourth-order valence-electron chi connectivity index (χ4n) is 3.25. The lowest BCUT2D eigenvalue weighted by Crippen LogP contribution is -2.17. The molecule has 0 aromatic heterocycles. The average Bonchev–Trinajstić information content (AvgIpc) is 2.74. The highest BCUT2D eigenvalue weighted by atomic mass is 16.4. The fraction of sp³-hybridized carbons (Fsp3) is 0.818. The molecule has 0 amide bonds. The third-order valence-corrected chi connectivity index (χ3v) is 4.10. The molecule has 2 aliphatic rings. The molecule has 0 bridgehead atoms. The van der Waals surface area contributed by atoms with E-state index < -0.39 is 11.9 Å². The Morgan fingerprint density at radius 3 is 1.60 bits per heavy atom.